The molecule has 5 fully saturated rings. The number of ether oxygens (including phenoxy) is 1. The number of allylic oxidation sites excluding steroid dienone is 1. The number of hydrogen-bond acceptors (Lipinski definition) is 3. The highest BCUT2D eigenvalue weighted by Crippen LogP contribution is 2.76. The van der Waals surface area contributed by atoms with Gasteiger partial charge in [-0.2, -0.15) is 0 Å². The molecule has 0 aromatic heterocycles. The van der Waals surface area contributed by atoms with Crippen molar-refractivity contribution in [3.8, 4) is 0 Å². The van der Waals surface area contributed by atoms with Crippen LogP contribution in [0.25, 0.3) is 0 Å². The number of fused-ring (bicyclic) bond motifs is 7. The molecule has 3 unspecified atom stereocenters. The van der Waals surface area contributed by atoms with Gasteiger partial charge in [0, 0.05) is 12.3 Å². The number of hydrogen-bond donors (Lipinski definition) is 1. The van der Waals surface area contributed by atoms with E-state index in [1.807, 2.05) is 0 Å². The van der Waals surface area contributed by atoms with Crippen LogP contribution in [0.5, 0.6) is 0 Å². The van der Waals surface area contributed by atoms with E-state index < -0.39 is 5.60 Å². The Labute approximate surface area is 208 Å². The van der Waals surface area contributed by atoms with Gasteiger partial charge in [0.05, 0.1) is 5.60 Å². The summed E-state index contributed by atoms with van der Waals surface area (Å²) in [7, 11) is 0. The van der Waals surface area contributed by atoms with Crippen LogP contribution in [0.15, 0.2) is 12.2 Å². The quantitative estimate of drug-likeness (QED) is 0.322. The predicted octanol–water partition coefficient (Wildman–Crippen LogP) is 7.32. The molecule has 0 aliphatic heterocycles. The van der Waals surface area contributed by atoms with Crippen molar-refractivity contribution in [1.82, 2.24) is 0 Å². The van der Waals surface area contributed by atoms with Crippen molar-refractivity contribution in [2.24, 2.45) is 51.2 Å². The van der Waals surface area contributed by atoms with Gasteiger partial charge in [-0.05, 0) is 110 Å². The monoisotopic (exact) mass is 470 g/mol. The first-order valence-corrected chi connectivity index (χ1v) is 14.3. The molecule has 0 amide bonds. The second-order valence-electron chi connectivity index (χ2n) is 14.7. The normalized spacial score (nSPS) is 54.2. The highest BCUT2D eigenvalue weighted by molar-refractivity contribution is 5.66. The molecule has 0 heterocycles. The number of rotatable bonds is 1. The van der Waals surface area contributed by atoms with E-state index in [2.05, 4.69) is 48.1 Å². The van der Waals surface area contributed by atoms with E-state index in [0.717, 1.165) is 32.1 Å². The molecule has 3 nitrogen and oxygen atoms in total. The molecule has 192 valence electrons. The van der Waals surface area contributed by atoms with Gasteiger partial charge in [0.2, 0.25) is 0 Å². The molecule has 34 heavy (non-hydrogen) atoms. The maximum absolute atomic E-state index is 11.9. The Kier molecular flexibility index (Phi) is 5.55. The van der Waals surface area contributed by atoms with Gasteiger partial charge < -0.3 is 9.84 Å². The third-order valence-corrected chi connectivity index (χ3v) is 13.4. The summed E-state index contributed by atoms with van der Waals surface area (Å²) < 4.78 is 5.88. The van der Waals surface area contributed by atoms with Gasteiger partial charge >= 0.3 is 5.97 Å². The summed E-state index contributed by atoms with van der Waals surface area (Å²) in [5.41, 5.74) is 1.75. The van der Waals surface area contributed by atoms with Gasteiger partial charge in [-0.15, -0.1) is 0 Å². The topological polar surface area (TPSA) is 46.5 Å². The summed E-state index contributed by atoms with van der Waals surface area (Å²) in [5.74, 6) is 2.54. The molecular formula is C31H50O3. The Hall–Kier alpha value is -0.830. The minimum Gasteiger partial charge on any atom is -0.462 e. The Morgan fingerprint density at radius 3 is 2.29 bits per heavy atom. The first-order valence-electron chi connectivity index (χ1n) is 14.3. The third kappa shape index (κ3) is 3.07. The molecule has 0 saturated heterocycles. The molecule has 0 radical (unpaired) electrons. The van der Waals surface area contributed by atoms with Gasteiger partial charge in [-0.3, -0.25) is 4.79 Å². The average molecular weight is 471 g/mol. The fourth-order valence-corrected chi connectivity index (χ4v) is 11.4. The number of esters is 1. The maximum Gasteiger partial charge on any atom is 0.302 e. The van der Waals surface area contributed by atoms with Gasteiger partial charge in [-0.25, -0.2) is 0 Å². The molecular weight excluding hydrogens is 420 g/mol. The molecule has 0 spiro atoms. The number of aliphatic hydroxyl groups is 1. The van der Waals surface area contributed by atoms with Crippen molar-refractivity contribution >= 4 is 5.97 Å². The lowest BCUT2D eigenvalue weighted by molar-refractivity contribution is -0.263. The second kappa shape index (κ2) is 7.59. The summed E-state index contributed by atoms with van der Waals surface area (Å²) in [6.07, 6.45) is 11.3. The molecule has 5 rings (SSSR count). The van der Waals surface area contributed by atoms with E-state index in [9.17, 15) is 9.90 Å². The fourth-order valence-electron chi connectivity index (χ4n) is 11.4. The standard InChI is InChI=1S/C31H50O3/c1-19-11-16-31(33)18-17-29(7)22(26(31)20(19)2)9-10-24-28(6)14-13-25(34-21(3)32)27(4,5)23(28)12-15-30(24,29)8/h20,22-26,33H,1,9-18H2,2-8H3/t20?,22-,23?,24-,25?,26+,28+,29-,30-,31-/m1/s1. The molecule has 3 heteroatoms. The summed E-state index contributed by atoms with van der Waals surface area (Å²) >= 11 is 0. The molecule has 5 aliphatic rings. The van der Waals surface area contributed by atoms with Crippen LogP contribution in [0.2, 0.25) is 0 Å². The minimum absolute atomic E-state index is 0.0141. The Morgan fingerprint density at radius 2 is 1.62 bits per heavy atom. The van der Waals surface area contributed by atoms with Crippen LogP contribution >= 0.6 is 0 Å². The molecule has 10 atom stereocenters. The molecule has 0 bridgehead atoms. The lowest BCUT2D eigenvalue weighted by atomic mass is 9.32. The van der Waals surface area contributed by atoms with E-state index in [1.54, 1.807) is 6.92 Å². The summed E-state index contributed by atoms with van der Waals surface area (Å²) in [4.78, 5) is 11.9. The van der Waals surface area contributed by atoms with E-state index in [-0.39, 0.29) is 28.3 Å². The zero-order valence-electron chi connectivity index (χ0n) is 23.0. The van der Waals surface area contributed by atoms with Crippen molar-refractivity contribution in [2.45, 2.75) is 124 Å². The first-order chi connectivity index (χ1) is 15.7. The smallest absolute Gasteiger partial charge is 0.302 e. The van der Waals surface area contributed by atoms with E-state index in [0.29, 0.717) is 35.0 Å². The zero-order chi connectivity index (χ0) is 24.9. The fraction of sp³-hybridized carbons (Fsp3) is 0.903. The van der Waals surface area contributed by atoms with Crippen molar-refractivity contribution in [1.29, 1.82) is 0 Å². The Morgan fingerprint density at radius 1 is 0.912 bits per heavy atom. The van der Waals surface area contributed by atoms with Gasteiger partial charge in [0.25, 0.3) is 0 Å². The van der Waals surface area contributed by atoms with Crippen LogP contribution in [-0.4, -0.2) is 22.8 Å². The van der Waals surface area contributed by atoms with Crippen LogP contribution in [0.3, 0.4) is 0 Å². The summed E-state index contributed by atoms with van der Waals surface area (Å²) in [6.45, 7) is 21.0. The molecule has 1 N–H and O–H groups in total. The van der Waals surface area contributed by atoms with E-state index in [4.69, 9.17) is 4.74 Å². The first kappa shape index (κ1) is 24.8. The van der Waals surface area contributed by atoms with Gasteiger partial charge in [0.1, 0.15) is 6.10 Å². The van der Waals surface area contributed by atoms with Crippen molar-refractivity contribution in [3.05, 3.63) is 12.2 Å². The summed E-state index contributed by atoms with van der Waals surface area (Å²) in [6, 6.07) is 0. The average Bonchev–Trinajstić information content (AvgIpc) is 2.74. The highest BCUT2D eigenvalue weighted by atomic mass is 16.5. The van der Waals surface area contributed by atoms with Gasteiger partial charge in [0.15, 0.2) is 0 Å². The molecule has 5 saturated carbocycles. The Balaban J connectivity index is 1.50. The van der Waals surface area contributed by atoms with Crippen LogP contribution < -0.4 is 0 Å². The van der Waals surface area contributed by atoms with Crippen molar-refractivity contribution < 1.29 is 14.6 Å². The predicted molar refractivity (Wildman–Crippen MR) is 137 cm³/mol. The molecule has 0 aromatic rings. The van der Waals surface area contributed by atoms with Crippen molar-refractivity contribution in [3.63, 3.8) is 0 Å². The lowest BCUT2D eigenvalue weighted by Gasteiger charge is -2.73. The maximum atomic E-state index is 11.9. The van der Waals surface area contributed by atoms with Crippen LogP contribution in [-0.2, 0) is 9.53 Å². The number of carbonyl (C=O) groups is 1. The third-order valence-electron chi connectivity index (χ3n) is 13.4. The van der Waals surface area contributed by atoms with Gasteiger partial charge in [-0.1, -0.05) is 53.7 Å². The lowest BCUT2D eigenvalue weighted by Crippen LogP contribution is -2.68. The van der Waals surface area contributed by atoms with E-state index in [1.165, 1.54) is 37.7 Å². The molecule has 5 aliphatic carbocycles. The van der Waals surface area contributed by atoms with Crippen LogP contribution in [0, 0.1) is 51.2 Å². The van der Waals surface area contributed by atoms with E-state index >= 15 is 0 Å². The zero-order valence-corrected chi connectivity index (χ0v) is 23.0. The number of carbonyl (C=O) groups excluding carboxylic acids is 1. The van der Waals surface area contributed by atoms with Crippen LogP contribution in [0.4, 0.5) is 0 Å². The highest BCUT2D eigenvalue weighted by Gasteiger charge is 2.70. The SMILES string of the molecule is C=C1CC[C@@]2(O)CC[C@]3(C)[C@H](CC[C@@H]4[C@@]5(C)CCC(OC(C)=O)C(C)(C)C5CC[C@]43C)[C@@H]2C1C. The Bertz CT molecular complexity index is 876. The van der Waals surface area contributed by atoms with Crippen LogP contribution in [0.1, 0.15) is 113 Å². The second-order valence-corrected chi connectivity index (χ2v) is 14.7. The van der Waals surface area contributed by atoms with Crippen molar-refractivity contribution in [2.75, 3.05) is 0 Å². The minimum atomic E-state index is -0.487. The largest absolute Gasteiger partial charge is 0.462 e. The summed E-state index contributed by atoms with van der Waals surface area (Å²) in [5, 5.41) is 11.8. The molecule has 0 aromatic carbocycles.